The Kier molecular flexibility index (Phi) is 3.30. The van der Waals surface area contributed by atoms with Crippen molar-refractivity contribution in [2.24, 2.45) is 28.6 Å². The van der Waals surface area contributed by atoms with Crippen molar-refractivity contribution in [2.45, 2.75) is 64.9 Å². The molecule has 0 aromatic rings. The van der Waals surface area contributed by atoms with Gasteiger partial charge in [-0.05, 0) is 79.8 Å². The Bertz CT molecular complexity index is 704. The molecule has 3 unspecified atom stereocenters. The Morgan fingerprint density at radius 1 is 1.29 bits per heavy atom. The minimum absolute atomic E-state index is 0.206. The van der Waals surface area contributed by atoms with Gasteiger partial charge >= 0.3 is 0 Å². The van der Waals surface area contributed by atoms with Crippen LogP contribution in [0.15, 0.2) is 35.5 Å². The molecule has 0 aliphatic heterocycles. The monoisotopic (exact) mass is 322 g/mol. The standard InChI is InChI=1S/C23H30O/c1-6-23(24)16(3)14-20-18-8-7-17-13-15(2)9-11-21(17,4)19(18)10-12-22(20,23)5/h1,7,13,18-20,24H,3,8-12,14H2,2,4-5H3/t18?,19?,20?,21-,22-,23-/m0/s1. The topological polar surface area (TPSA) is 20.2 Å². The van der Waals surface area contributed by atoms with E-state index in [1.54, 1.807) is 5.57 Å². The van der Waals surface area contributed by atoms with E-state index < -0.39 is 5.60 Å². The lowest BCUT2D eigenvalue weighted by Crippen LogP contribution is -2.53. The van der Waals surface area contributed by atoms with Crippen molar-refractivity contribution < 1.29 is 5.11 Å². The Balaban J connectivity index is 1.76. The van der Waals surface area contributed by atoms with Crippen LogP contribution in [0.2, 0.25) is 0 Å². The van der Waals surface area contributed by atoms with Gasteiger partial charge in [-0.2, -0.15) is 0 Å². The molecule has 2 fully saturated rings. The van der Waals surface area contributed by atoms with E-state index in [-0.39, 0.29) is 5.41 Å². The van der Waals surface area contributed by atoms with Gasteiger partial charge in [-0.25, -0.2) is 0 Å². The summed E-state index contributed by atoms with van der Waals surface area (Å²) in [4.78, 5) is 0. The van der Waals surface area contributed by atoms with Gasteiger partial charge in [-0.3, -0.25) is 0 Å². The number of aliphatic hydroxyl groups is 1. The fraction of sp³-hybridized carbons (Fsp3) is 0.652. The Morgan fingerprint density at radius 3 is 2.75 bits per heavy atom. The molecule has 0 aromatic carbocycles. The van der Waals surface area contributed by atoms with E-state index in [2.05, 4.69) is 45.4 Å². The Morgan fingerprint density at radius 2 is 2.04 bits per heavy atom. The summed E-state index contributed by atoms with van der Waals surface area (Å²) in [6, 6.07) is 0. The van der Waals surface area contributed by atoms with Crippen LogP contribution in [0.5, 0.6) is 0 Å². The molecule has 6 atom stereocenters. The number of allylic oxidation sites excluding steroid dienone is 4. The molecule has 1 heteroatoms. The van der Waals surface area contributed by atoms with Gasteiger partial charge in [0, 0.05) is 5.41 Å². The molecule has 128 valence electrons. The van der Waals surface area contributed by atoms with E-state index in [4.69, 9.17) is 6.42 Å². The number of hydrogen-bond donors (Lipinski definition) is 1. The molecule has 4 aliphatic carbocycles. The molecule has 2 saturated carbocycles. The van der Waals surface area contributed by atoms with Crippen molar-refractivity contribution in [3.8, 4) is 12.3 Å². The maximum Gasteiger partial charge on any atom is 0.152 e. The summed E-state index contributed by atoms with van der Waals surface area (Å²) >= 11 is 0. The van der Waals surface area contributed by atoms with Gasteiger partial charge in [0.25, 0.3) is 0 Å². The lowest BCUT2D eigenvalue weighted by Gasteiger charge is -2.57. The number of hydrogen-bond acceptors (Lipinski definition) is 1. The number of fused-ring (bicyclic) bond motifs is 5. The third kappa shape index (κ3) is 1.76. The molecule has 4 rings (SSSR count). The molecule has 0 bridgehead atoms. The maximum atomic E-state index is 11.2. The lowest BCUT2D eigenvalue weighted by molar-refractivity contribution is -0.0848. The lowest BCUT2D eigenvalue weighted by atomic mass is 9.47. The van der Waals surface area contributed by atoms with Crippen molar-refractivity contribution in [2.75, 3.05) is 0 Å². The fourth-order valence-corrected chi connectivity index (χ4v) is 6.70. The molecular weight excluding hydrogens is 292 g/mol. The first-order valence-electron chi connectivity index (χ1n) is 9.52. The van der Waals surface area contributed by atoms with Gasteiger partial charge in [0.05, 0.1) is 0 Å². The zero-order valence-corrected chi connectivity index (χ0v) is 15.4. The molecule has 0 radical (unpaired) electrons. The Hall–Kier alpha value is -1.26. The highest BCUT2D eigenvalue weighted by Crippen LogP contribution is 2.67. The highest BCUT2D eigenvalue weighted by Gasteiger charge is 2.64. The van der Waals surface area contributed by atoms with Crippen molar-refractivity contribution in [1.29, 1.82) is 0 Å². The quantitative estimate of drug-likeness (QED) is 0.489. The fourth-order valence-electron chi connectivity index (χ4n) is 6.70. The summed E-state index contributed by atoms with van der Waals surface area (Å²) in [6.45, 7) is 11.1. The van der Waals surface area contributed by atoms with Gasteiger partial charge in [0.2, 0.25) is 0 Å². The zero-order chi connectivity index (χ0) is 17.3. The third-order valence-electron chi connectivity index (χ3n) is 8.37. The minimum atomic E-state index is -1.11. The van der Waals surface area contributed by atoms with Crippen LogP contribution in [0.4, 0.5) is 0 Å². The molecule has 0 saturated heterocycles. The van der Waals surface area contributed by atoms with Crippen LogP contribution < -0.4 is 0 Å². The van der Waals surface area contributed by atoms with Crippen LogP contribution in [0, 0.1) is 40.9 Å². The van der Waals surface area contributed by atoms with E-state index in [9.17, 15) is 5.11 Å². The average molecular weight is 322 g/mol. The third-order valence-corrected chi connectivity index (χ3v) is 8.37. The van der Waals surface area contributed by atoms with Crippen LogP contribution in [-0.4, -0.2) is 10.7 Å². The van der Waals surface area contributed by atoms with Crippen LogP contribution in [0.1, 0.15) is 59.3 Å². The minimum Gasteiger partial charge on any atom is -0.373 e. The predicted octanol–water partition coefficient (Wildman–Crippen LogP) is 5.04. The second kappa shape index (κ2) is 4.89. The normalized spacial score (nSPS) is 50.1. The molecular formula is C23H30O. The van der Waals surface area contributed by atoms with E-state index >= 15 is 0 Å². The van der Waals surface area contributed by atoms with Crippen molar-refractivity contribution >= 4 is 0 Å². The summed E-state index contributed by atoms with van der Waals surface area (Å²) < 4.78 is 0. The molecule has 0 heterocycles. The predicted molar refractivity (Wildman–Crippen MR) is 99.1 cm³/mol. The molecule has 24 heavy (non-hydrogen) atoms. The summed E-state index contributed by atoms with van der Waals surface area (Å²) in [7, 11) is 0. The highest BCUT2D eigenvalue weighted by molar-refractivity contribution is 5.41. The first-order chi connectivity index (χ1) is 11.3. The first-order valence-corrected chi connectivity index (χ1v) is 9.52. The molecule has 4 aliphatic rings. The largest absolute Gasteiger partial charge is 0.373 e. The summed E-state index contributed by atoms with van der Waals surface area (Å²) in [5.41, 5.74) is 2.95. The summed E-state index contributed by atoms with van der Waals surface area (Å²) in [6.07, 6.45) is 17.4. The summed E-state index contributed by atoms with van der Waals surface area (Å²) in [5, 5.41) is 11.2. The van der Waals surface area contributed by atoms with Gasteiger partial charge in [-0.15, -0.1) is 6.42 Å². The van der Waals surface area contributed by atoms with Crippen LogP contribution in [-0.2, 0) is 0 Å². The Labute approximate surface area is 146 Å². The first kappa shape index (κ1) is 16.2. The average Bonchev–Trinajstić information content (AvgIpc) is 2.76. The smallest absolute Gasteiger partial charge is 0.152 e. The van der Waals surface area contributed by atoms with Crippen molar-refractivity contribution in [3.05, 3.63) is 35.5 Å². The van der Waals surface area contributed by atoms with Crippen molar-refractivity contribution in [3.63, 3.8) is 0 Å². The molecule has 1 N–H and O–H groups in total. The molecule has 0 spiro atoms. The number of rotatable bonds is 0. The van der Waals surface area contributed by atoms with Crippen LogP contribution >= 0.6 is 0 Å². The van der Waals surface area contributed by atoms with E-state index in [0.29, 0.717) is 23.2 Å². The van der Waals surface area contributed by atoms with E-state index in [1.165, 1.54) is 24.8 Å². The van der Waals surface area contributed by atoms with Gasteiger partial charge in [-0.1, -0.05) is 44.1 Å². The SMILES string of the molecule is C#C[C@]1(O)C(=C)CC2C3CC=C4C=C(C)CC[C@]4(C)C3CC[C@@]21C. The molecule has 1 nitrogen and oxygen atoms in total. The zero-order valence-electron chi connectivity index (χ0n) is 15.4. The van der Waals surface area contributed by atoms with Gasteiger partial charge < -0.3 is 5.11 Å². The van der Waals surface area contributed by atoms with E-state index in [0.717, 1.165) is 24.8 Å². The van der Waals surface area contributed by atoms with Gasteiger partial charge in [0.15, 0.2) is 5.60 Å². The van der Waals surface area contributed by atoms with E-state index in [1.807, 2.05) is 0 Å². The highest BCUT2D eigenvalue weighted by atomic mass is 16.3. The number of terminal acetylenes is 1. The second-order valence-corrected chi connectivity index (χ2v) is 9.30. The van der Waals surface area contributed by atoms with Crippen LogP contribution in [0.25, 0.3) is 0 Å². The molecule has 0 aromatic heterocycles. The van der Waals surface area contributed by atoms with Gasteiger partial charge in [0.1, 0.15) is 0 Å². The van der Waals surface area contributed by atoms with Crippen molar-refractivity contribution in [1.82, 2.24) is 0 Å². The maximum absolute atomic E-state index is 11.2. The van der Waals surface area contributed by atoms with Crippen LogP contribution in [0.3, 0.4) is 0 Å². The summed E-state index contributed by atoms with van der Waals surface area (Å²) in [5.74, 6) is 4.54. The molecule has 0 amide bonds. The second-order valence-electron chi connectivity index (χ2n) is 9.30.